The summed E-state index contributed by atoms with van der Waals surface area (Å²) in [6, 6.07) is -0.535. The monoisotopic (exact) mass is 1060 g/mol. The molecule has 0 fully saturated rings. The first kappa shape index (κ1) is 73.3. The van der Waals surface area contributed by atoms with Crippen LogP contribution in [-0.2, 0) is 14.3 Å². The molecule has 0 bridgehead atoms. The van der Waals surface area contributed by atoms with E-state index in [0.717, 1.165) is 44.9 Å². The maximum absolute atomic E-state index is 12.4. The molecule has 0 spiro atoms. The predicted octanol–water partition coefficient (Wildman–Crippen LogP) is 21.8. The fourth-order valence-electron chi connectivity index (χ4n) is 10.7. The highest BCUT2D eigenvalue weighted by atomic mass is 16.5. The highest BCUT2D eigenvalue weighted by molar-refractivity contribution is 5.76. The molecule has 0 heterocycles. The fourth-order valence-corrected chi connectivity index (χ4v) is 10.7. The zero-order valence-corrected chi connectivity index (χ0v) is 50.8. The number of nitrogens with one attached hydrogen (secondary N) is 1. The minimum absolute atomic E-state index is 0.0115. The van der Waals surface area contributed by atoms with E-state index in [4.69, 9.17) is 4.74 Å². The Morgan fingerprint density at radius 2 is 0.627 bits per heavy atom. The van der Waals surface area contributed by atoms with Crippen molar-refractivity contribution >= 4 is 11.9 Å². The molecular formula is C69H133NO5. The molecule has 75 heavy (non-hydrogen) atoms. The number of allylic oxidation sites excluding steroid dienone is 4. The number of rotatable bonds is 64. The lowest BCUT2D eigenvalue weighted by Gasteiger charge is -2.22. The molecule has 0 aromatic carbocycles. The molecule has 0 radical (unpaired) electrons. The van der Waals surface area contributed by atoms with Gasteiger partial charge in [0.25, 0.3) is 0 Å². The largest absolute Gasteiger partial charge is 0.466 e. The molecule has 0 aromatic heterocycles. The van der Waals surface area contributed by atoms with Crippen molar-refractivity contribution in [2.45, 2.75) is 392 Å². The summed E-state index contributed by atoms with van der Waals surface area (Å²) in [6.07, 6.45) is 81.1. The fraction of sp³-hybridized carbons (Fsp3) is 0.913. The SMILES string of the molecule is CCCCC/C=C\CCCCCCCC(=O)OCCCCCCCCCCCCCCCCCC/C=C\CCCCCCCCCCCCCCCCCCCC(=O)NC(CO)C(O)CCCCCCCCCCC. The van der Waals surface area contributed by atoms with Gasteiger partial charge in [-0.15, -0.1) is 0 Å². The van der Waals surface area contributed by atoms with E-state index in [1.165, 1.54) is 302 Å². The average Bonchev–Trinajstić information content (AvgIpc) is 3.41. The maximum atomic E-state index is 12.4. The summed E-state index contributed by atoms with van der Waals surface area (Å²) in [5.74, 6) is -0.0203. The third-order valence-electron chi connectivity index (χ3n) is 16.0. The van der Waals surface area contributed by atoms with Crippen molar-refractivity contribution in [1.29, 1.82) is 0 Å². The van der Waals surface area contributed by atoms with E-state index >= 15 is 0 Å². The van der Waals surface area contributed by atoms with E-state index in [2.05, 4.69) is 43.5 Å². The molecule has 2 unspecified atom stereocenters. The van der Waals surface area contributed by atoms with Crippen LogP contribution < -0.4 is 5.32 Å². The van der Waals surface area contributed by atoms with Crippen LogP contribution >= 0.6 is 0 Å². The molecule has 0 aliphatic heterocycles. The highest BCUT2D eigenvalue weighted by Crippen LogP contribution is 2.18. The van der Waals surface area contributed by atoms with Gasteiger partial charge in [0.05, 0.1) is 25.4 Å². The quantitative estimate of drug-likeness (QED) is 0.0320. The third kappa shape index (κ3) is 61.4. The Balaban J connectivity index is 3.30. The third-order valence-corrected chi connectivity index (χ3v) is 16.0. The Morgan fingerprint density at radius 1 is 0.360 bits per heavy atom. The van der Waals surface area contributed by atoms with Crippen molar-refractivity contribution in [3.63, 3.8) is 0 Å². The van der Waals surface area contributed by atoms with Gasteiger partial charge in [0.1, 0.15) is 0 Å². The molecule has 2 atom stereocenters. The van der Waals surface area contributed by atoms with Crippen molar-refractivity contribution in [3.8, 4) is 0 Å². The molecule has 0 saturated carbocycles. The molecule has 1 amide bonds. The zero-order chi connectivity index (χ0) is 54.3. The number of hydrogen-bond acceptors (Lipinski definition) is 5. The van der Waals surface area contributed by atoms with Crippen molar-refractivity contribution in [3.05, 3.63) is 24.3 Å². The number of aliphatic hydroxyl groups excluding tert-OH is 2. The molecule has 0 saturated heterocycles. The van der Waals surface area contributed by atoms with E-state index in [1.54, 1.807) is 0 Å². The van der Waals surface area contributed by atoms with Gasteiger partial charge in [0, 0.05) is 12.8 Å². The Morgan fingerprint density at radius 3 is 0.973 bits per heavy atom. The average molecular weight is 1060 g/mol. The van der Waals surface area contributed by atoms with Crippen LogP contribution in [0.4, 0.5) is 0 Å². The molecule has 0 aliphatic rings. The van der Waals surface area contributed by atoms with E-state index in [1.807, 2.05) is 0 Å². The number of ether oxygens (including phenoxy) is 1. The number of unbranched alkanes of at least 4 members (excludes halogenated alkanes) is 49. The molecule has 0 aliphatic carbocycles. The van der Waals surface area contributed by atoms with Gasteiger partial charge in [-0.05, 0) is 77.0 Å². The van der Waals surface area contributed by atoms with E-state index in [9.17, 15) is 19.8 Å². The normalized spacial score (nSPS) is 12.6. The summed E-state index contributed by atoms with van der Waals surface area (Å²) in [6.45, 7) is 4.93. The minimum atomic E-state index is -0.658. The smallest absolute Gasteiger partial charge is 0.305 e. The molecule has 3 N–H and O–H groups in total. The summed E-state index contributed by atoms with van der Waals surface area (Å²) in [4.78, 5) is 24.4. The van der Waals surface area contributed by atoms with E-state index in [-0.39, 0.29) is 18.5 Å². The summed E-state index contributed by atoms with van der Waals surface area (Å²) in [7, 11) is 0. The first-order chi connectivity index (χ1) is 37.0. The molecule has 6 nitrogen and oxygen atoms in total. The second kappa shape index (κ2) is 64.9. The van der Waals surface area contributed by atoms with Gasteiger partial charge >= 0.3 is 5.97 Å². The second-order valence-electron chi connectivity index (χ2n) is 23.5. The molecular weight excluding hydrogens is 923 g/mol. The lowest BCUT2D eigenvalue weighted by molar-refractivity contribution is -0.143. The molecule has 6 heteroatoms. The number of aliphatic hydroxyl groups is 2. The Bertz CT molecular complexity index is 1170. The van der Waals surface area contributed by atoms with Crippen molar-refractivity contribution in [1.82, 2.24) is 5.32 Å². The maximum Gasteiger partial charge on any atom is 0.305 e. The van der Waals surface area contributed by atoms with Gasteiger partial charge in [-0.25, -0.2) is 0 Å². The first-order valence-electron chi connectivity index (χ1n) is 34.1. The summed E-state index contributed by atoms with van der Waals surface area (Å²) in [5.41, 5.74) is 0. The van der Waals surface area contributed by atoms with Crippen LogP contribution in [0.3, 0.4) is 0 Å². The predicted molar refractivity (Wildman–Crippen MR) is 329 cm³/mol. The van der Waals surface area contributed by atoms with Gasteiger partial charge in [0.15, 0.2) is 0 Å². The van der Waals surface area contributed by atoms with Crippen LogP contribution in [0.2, 0.25) is 0 Å². The van der Waals surface area contributed by atoms with Gasteiger partial charge in [-0.2, -0.15) is 0 Å². The van der Waals surface area contributed by atoms with Gasteiger partial charge in [-0.3, -0.25) is 9.59 Å². The van der Waals surface area contributed by atoms with Gasteiger partial charge in [0.2, 0.25) is 5.91 Å². The lowest BCUT2D eigenvalue weighted by Crippen LogP contribution is -2.45. The van der Waals surface area contributed by atoms with E-state index < -0.39 is 12.1 Å². The van der Waals surface area contributed by atoms with Crippen LogP contribution in [0.1, 0.15) is 380 Å². The van der Waals surface area contributed by atoms with E-state index in [0.29, 0.717) is 25.9 Å². The summed E-state index contributed by atoms with van der Waals surface area (Å²) >= 11 is 0. The topological polar surface area (TPSA) is 95.9 Å². The second-order valence-corrected chi connectivity index (χ2v) is 23.5. The van der Waals surface area contributed by atoms with Crippen LogP contribution in [-0.4, -0.2) is 47.4 Å². The molecule has 0 rings (SSSR count). The van der Waals surface area contributed by atoms with Crippen molar-refractivity contribution in [2.24, 2.45) is 0 Å². The molecule has 444 valence electrons. The standard InChI is InChI=1S/C69H133NO5/c1-3-5-7-9-11-13-14-43-47-51-55-59-63-69(74)75-64-60-56-52-48-44-41-39-37-35-33-31-29-27-25-23-21-19-17-15-16-18-20-22-24-26-28-30-32-34-36-38-40-42-46-50-54-58-62-68(73)70-66(65-71)67(72)61-57-53-49-45-12-10-8-6-4-2/h11,13,15,17,66-67,71-72H,3-10,12,14,16,18-65H2,1-2H3,(H,70,73)/b13-11-,17-15-. The number of carbonyl (C=O) groups is 2. The first-order valence-corrected chi connectivity index (χ1v) is 34.1. The van der Waals surface area contributed by atoms with Gasteiger partial charge < -0.3 is 20.3 Å². The number of hydrogen-bond donors (Lipinski definition) is 3. The Kier molecular flexibility index (Phi) is 63.4. The number of amides is 1. The Hall–Kier alpha value is -1.66. The molecule has 0 aromatic rings. The highest BCUT2D eigenvalue weighted by Gasteiger charge is 2.20. The number of esters is 1. The summed E-state index contributed by atoms with van der Waals surface area (Å²) < 4.78 is 5.47. The lowest BCUT2D eigenvalue weighted by atomic mass is 10.0. The van der Waals surface area contributed by atoms with Gasteiger partial charge in [-0.1, -0.05) is 314 Å². The zero-order valence-electron chi connectivity index (χ0n) is 50.8. The van der Waals surface area contributed by atoms with Crippen LogP contribution in [0, 0.1) is 0 Å². The van der Waals surface area contributed by atoms with Crippen molar-refractivity contribution < 1.29 is 24.5 Å². The van der Waals surface area contributed by atoms with Crippen LogP contribution in [0.25, 0.3) is 0 Å². The van der Waals surface area contributed by atoms with Crippen LogP contribution in [0.15, 0.2) is 24.3 Å². The van der Waals surface area contributed by atoms with Crippen molar-refractivity contribution in [2.75, 3.05) is 13.2 Å². The minimum Gasteiger partial charge on any atom is -0.466 e. The Labute approximate surface area is 469 Å². The van der Waals surface area contributed by atoms with Crippen LogP contribution in [0.5, 0.6) is 0 Å². The summed E-state index contributed by atoms with van der Waals surface area (Å²) in [5, 5.41) is 23.1. The number of carbonyl (C=O) groups excluding carboxylic acids is 2.